The summed E-state index contributed by atoms with van der Waals surface area (Å²) in [4.78, 5) is 34.9. The van der Waals surface area contributed by atoms with Crippen LogP contribution < -0.4 is 0 Å². The van der Waals surface area contributed by atoms with Crippen molar-refractivity contribution < 1.29 is 33.1 Å². The standard InChI is InChI=1S/C16H18F2N2O6/c1-14(2,3)26-13(23)19-9-15(17,18)8-16(19,12(21)22)10-4-6-11(7-5-10)20(24)25/h4-7H,8-9H2,1-3H3,(H,21,22)/t16-/m0/s1. The fraction of sp³-hybridized carbons (Fsp3) is 0.500. The van der Waals surface area contributed by atoms with E-state index < -0.39 is 47.0 Å². The predicted molar refractivity (Wildman–Crippen MR) is 84.9 cm³/mol. The molecule has 26 heavy (non-hydrogen) atoms. The number of rotatable bonds is 3. The van der Waals surface area contributed by atoms with E-state index in [-0.39, 0.29) is 11.3 Å². The third-order valence-corrected chi connectivity index (χ3v) is 3.89. The van der Waals surface area contributed by atoms with Gasteiger partial charge in [0, 0.05) is 12.1 Å². The van der Waals surface area contributed by atoms with E-state index in [9.17, 15) is 33.6 Å². The number of nitro benzene ring substituents is 1. The number of alkyl halides is 2. The number of amides is 1. The lowest BCUT2D eigenvalue weighted by Gasteiger charge is -2.35. The van der Waals surface area contributed by atoms with Crippen molar-refractivity contribution in [2.75, 3.05) is 6.54 Å². The highest BCUT2D eigenvalue weighted by Crippen LogP contribution is 2.47. The zero-order chi connectivity index (χ0) is 19.9. The van der Waals surface area contributed by atoms with Gasteiger partial charge in [-0.15, -0.1) is 0 Å². The first-order valence-electron chi connectivity index (χ1n) is 7.65. The van der Waals surface area contributed by atoms with Crippen LogP contribution >= 0.6 is 0 Å². The van der Waals surface area contributed by atoms with Gasteiger partial charge in [-0.2, -0.15) is 0 Å². The number of carboxylic acids is 1. The zero-order valence-electron chi connectivity index (χ0n) is 14.4. The van der Waals surface area contributed by atoms with Gasteiger partial charge in [-0.3, -0.25) is 15.0 Å². The molecule has 0 radical (unpaired) electrons. The summed E-state index contributed by atoms with van der Waals surface area (Å²) < 4.78 is 33.3. The fourth-order valence-corrected chi connectivity index (χ4v) is 2.86. The zero-order valence-corrected chi connectivity index (χ0v) is 14.4. The van der Waals surface area contributed by atoms with Crippen molar-refractivity contribution >= 4 is 17.7 Å². The molecule has 1 aromatic carbocycles. The van der Waals surface area contributed by atoms with E-state index in [1.165, 1.54) is 20.8 Å². The SMILES string of the molecule is CC(C)(C)OC(=O)N1CC(F)(F)C[C@@]1(C(=O)O)c1ccc([N+](=O)[O-])cc1. The van der Waals surface area contributed by atoms with Gasteiger partial charge in [0.2, 0.25) is 0 Å². The topological polar surface area (TPSA) is 110 Å². The molecule has 0 saturated carbocycles. The molecule has 1 amide bonds. The van der Waals surface area contributed by atoms with E-state index in [1.54, 1.807) is 0 Å². The molecular formula is C16H18F2N2O6. The summed E-state index contributed by atoms with van der Waals surface area (Å²) in [5.74, 6) is -5.13. The Morgan fingerprint density at radius 2 is 1.81 bits per heavy atom. The van der Waals surface area contributed by atoms with Crippen LogP contribution in [0.3, 0.4) is 0 Å². The summed E-state index contributed by atoms with van der Waals surface area (Å²) in [5, 5.41) is 20.5. The Bertz CT molecular complexity index is 744. The van der Waals surface area contributed by atoms with Crippen LogP contribution in [0.1, 0.15) is 32.8 Å². The molecule has 0 bridgehead atoms. The number of halogens is 2. The van der Waals surface area contributed by atoms with Crippen molar-refractivity contribution in [1.82, 2.24) is 4.90 Å². The van der Waals surface area contributed by atoms with Crippen molar-refractivity contribution in [3.8, 4) is 0 Å². The smallest absolute Gasteiger partial charge is 0.411 e. The average Bonchev–Trinajstić information content (AvgIpc) is 2.79. The predicted octanol–water partition coefficient (Wildman–Crippen LogP) is 3.15. The van der Waals surface area contributed by atoms with Gasteiger partial charge in [0.05, 0.1) is 17.9 Å². The van der Waals surface area contributed by atoms with Gasteiger partial charge >= 0.3 is 12.1 Å². The highest BCUT2D eigenvalue weighted by Gasteiger charge is 2.63. The number of carbonyl (C=O) groups is 2. The van der Waals surface area contributed by atoms with Gasteiger partial charge in [-0.05, 0) is 38.5 Å². The minimum atomic E-state index is -3.46. The molecule has 1 aliphatic rings. The van der Waals surface area contributed by atoms with Crippen molar-refractivity contribution in [3.63, 3.8) is 0 Å². The number of benzene rings is 1. The summed E-state index contributed by atoms with van der Waals surface area (Å²) in [6.07, 6.45) is -2.36. The van der Waals surface area contributed by atoms with Crippen molar-refractivity contribution in [1.29, 1.82) is 0 Å². The Kier molecular flexibility index (Phi) is 4.65. The maximum absolute atomic E-state index is 14.1. The van der Waals surface area contributed by atoms with Gasteiger partial charge in [0.25, 0.3) is 11.6 Å². The van der Waals surface area contributed by atoms with Crippen LogP contribution in [0, 0.1) is 10.1 Å². The molecule has 0 aliphatic carbocycles. The Balaban J connectivity index is 2.56. The van der Waals surface area contributed by atoms with Crippen LogP contribution in [0.2, 0.25) is 0 Å². The molecule has 1 fully saturated rings. The van der Waals surface area contributed by atoms with Crippen LogP contribution in [-0.4, -0.2) is 45.1 Å². The summed E-state index contributed by atoms with van der Waals surface area (Å²) in [6.45, 7) is 3.43. The third-order valence-electron chi connectivity index (χ3n) is 3.89. The second-order valence-electron chi connectivity index (χ2n) is 7.07. The molecule has 0 unspecified atom stereocenters. The van der Waals surface area contributed by atoms with Crippen LogP contribution in [0.25, 0.3) is 0 Å². The third kappa shape index (κ3) is 3.58. The Morgan fingerprint density at radius 3 is 2.23 bits per heavy atom. The van der Waals surface area contributed by atoms with Crippen LogP contribution in [0.5, 0.6) is 0 Å². The second-order valence-corrected chi connectivity index (χ2v) is 7.07. The van der Waals surface area contributed by atoms with E-state index in [4.69, 9.17) is 4.74 Å². The highest BCUT2D eigenvalue weighted by atomic mass is 19.3. The number of non-ortho nitro benzene ring substituents is 1. The fourth-order valence-electron chi connectivity index (χ4n) is 2.86. The lowest BCUT2D eigenvalue weighted by Crippen LogP contribution is -2.52. The maximum Gasteiger partial charge on any atom is 0.411 e. The number of hydrogen-bond donors (Lipinski definition) is 1. The molecule has 1 aliphatic heterocycles. The molecule has 1 saturated heterocycles. The molecule has 1 N–H and O–H groups in total. The number of nitro groups is 1. The molecule has 1 aromatic rings. The minimum absolute atomic E-state index is 0.168. The molecular weight excluding hydrogens is 354 g/mol. The lowest BCUT2D eigenvalue weighted by molar-refractivity contribution is -0.384. The first-order chi connectivity index (χ1) is 11.8. The molecule has 2 rings (SSSR count). The second kappa shape index (κ2) is 6.19. The van der Waals surface area contributed by atoms with Crippen molar-refractivity contribution in [2.24, 2.45) is 0 Å². The Morgan fingerprint density at radius 1 is 1.27 bits per heavy atom. The maximum atomic E-state index is 14.1. The minimum Gasteiger partial charge on any atom is -0.479 e. The number of nitrogens with zero attached hydrogens (tertiary/aromatic N) is 2. The Hall–Kier alpha value is -2.78. The molecule has 1 heterocycles. The summed E-state index contributed by atoms with van der Waals surface area (Å²) in [7, 11) is 0. The van der Waals surface area contributed by atoms with Crippen LogP contribution in [-0.2, 0) is 15.1 Å². The van der Waals surface area contributed by atoms with Gasteiger partial charge in [0.1, 0.15) is 5.60 Å². The quantitative estimate of drug-likeness (QED) is 0.645. The average molecular weight is 372 g/mol. The van der Waals surface area contributed by atoms with E-state index in [2.05, 4.69) is 0 Å². The highest BCUT2D eigenvalue weighted by molar-refractivity contribution is 5.87. The van der Waals surface area contributed by atoms with E-state index in [1.807, 2.05) is 0 Å². The molecule has 0 aromatic heterocycles. The molecule has 10 heteroatoms. The summed E-state index contributed by atoms with van der Waals surface area (Å²) in [6, 6.07) is 4.13. The van der Waals surface area contributed by atoms with Gasteiger partial charge < -0.3 is 9.84 Å². The molecule has 8 nitrogen and oxygen atoms in total. The molecule has 0 spiro atoms. The first-order valence-corrected chi connectivity index (χ1v) is 7.65. The first kappa shape index (κ1) is 19.5. The Labute approximate surface area is 147 Å². The van der Waals surface area contributed by atoms with Crippen LogP contribution in [0.15, 0.2) is 24.3 Å². The number of carbonyl (C=O) groups excluding carboxylic acids is 1. The number of ether oxygens (including phenoxy) is 1. The summed E-state index contributed by atoms with van der Waals surface area (Å²) in [5.41, 5.74) is -3.91. The van der Waals surface area contributed by atoms with Crippen molar-refractivity contribution in [3.05, 3.63) is 39.9 Å². The molecule has 142 valence electrons. The van der Waals surface area contributed by atoms with E-state index in [0.29, 0.717) is 4.90 Å². The lowest BCUT2D eigenvalue weighted by atomic mass is 9.86. The van der Waals surface area contributed by atoms with Crippen LogP contribution in [0.4, 0.5) is 19.3 Å². The monoisotopic (exact) mass is 372 g/mol. The number of aliphatic carboxylic acids is 1. The van der Waals surface area contributed by atoms with Gasteiger partial charge in [0.15, 0.2) is 5.54 Å². The van der Waals surface area contributed by atoms with Gasteiger partial charge in [-0.25, -0.2) is 18.4 Å². The number of likely N-dealkylation sites (tertiary alicyclic amines) is 1. The number of hydrogen-bond acceptors (Lipinski definition) is 5. The summed E-state index contributed by atoms with van der Waals surface area (Å²) >= 11 is 0. The van der Waals surface area contributed by atoms with E-state index >= 15 is 0 Å². The van der Waals surface area contributed by atoms with Crippen molar-refractivity contribution in [2.45, 2.75) is 44.3 Å². The normalized spacial score (nSPS) is 22.1. The largest absolute Gasteiger partial charge is 0.479 e. The van der Waals surface area contributed by atoms with E-state index in [0.717, 1.165) is 24.3 Å². The van der Waals surface area contributed by atoms with Gasteiger partial charge in [-0.1, -0.05) is 0 Å². The molecule has 1 atom stereocenters. The number of carboxylic acid groups (broad SMARTS) is 1.